The van der Waals surface area contributed by atoms with Crippen LogP contribution in [0.3, 0.4) is 0 Å². The van der Waals surface area contributed by atoms with Crippen LogP contribution in [0.1, 0.15) is 30.1 Å². The van der Waals surface area contributed by atoms with Crippen LogP contribution in [-0.4, -0.2) is 19.5 Å². The maximum atomic E-state index is 11.7. The van der Waals surface area contributed by atoms with E-state index in [0.717, 1.165) is 18.5 Å². The molecule has 0 radical (unpaired) electrons. The lowest BCUT2D eigenvalue weighted by molar-refractivity contribution is 0.0953. The van der Waals surface area contributed by atoms with Gasteiger partial charge in [0.15, 0.2) is 0 Å². The van der Waals surface area contributed by atoms with E-state index >= 15 is 0 Å². The molecule has 0 aromatic heterocycles. The Hall–Kier alpha value is -1.71. The van der Waals surface area contributed by atoms with Crippen molar-refractivity contribution >= 4 is 17.3 Å². The highest BCUT2D eigenvalue weighted by Crippen LogP contribution is 2.15. The lowest BCUT2D eigenvalue weighted by atomic mass is 10.1. The molecular weight excluding hydrogens is 202 g/mol. The number of unbranched alkanes of at least 4 members (excludes halogenated alkanes) is 1. The SMILES string of the molecule is CCCCNC(=O)c1cc(N)cc(NC)c1. The van der Waals surface area contributed by atoms with Gasteiger partial charge in [0.25, 0.3) is 5.91 Å². The molecule has 0 fully saturated rings. The van der Waals surface area contributed by atoms with Gasteiger partial charge in [-0.2, -0.15) is 0 Å². The van der Waals surface area contributed by atoms with Crippen molar-refractivity contribution in [3.8, 4) is 0 Å². The van der Waals surface area contributed by atoms with E-state index in [1.54, 1.807) is 25.2 Å². The molecule has 1 aromatic carbocycles. The van der Waals surface area contributed by atoms with E-state index < -0.39 is 0 Å². The largest absolute Gasteiger partial charge is 0.399 e. The van der Waals surface area contributed by atoms with E-state index in [1.807, 2.05) is 0 Å². The average molecular weight is 221 g/mol. The molecular formula is C12H19N3O. The molecule has 4 nitrogen and oxygen atoms in total. The minimum atomic E-state index is -0.0720. The van der Waals surface area contributed by atoms with Crippen molar-refractivity contribution in [3.63, 3.8) is 0 Å². The average Bonchev–Trinajstić information content (AvgIpc) is 2.28. The quantitative estimate of drug-likeness (QED) is 0.525. The number of amides is 1. The number of anilines is 2. The van der Waals surface area contributed by atoms with Gasteiger partial charge in [0.05, 0.1) is 0 Å². The molecule has 88 valence electrons. The number of benzene rings is 1. The summed E-state index contributed by atoms with van der Waals surface area (Å²) >= 11 is 0. The van der Waals surface area contributed by atoms with Crippen molar-refractivity contribution < 1.29 is 4.79 Å². The number of nitrogen functional groups attached to an aromatic ring is 1. The van der Waals surface area contributed by atoms with Crippen LogP contribution in [0.4, 0.5) is 11.4 Å². The molecule has 16 heavy (non-hydrogen) atoms. The maximum absolute atomic E-state index is 11.7. The van der Waals surface area contributed by atoms with Gasteiger partial charge in [0, 0.05) is 30.5 Å². The summed E-state index contributed by atoms with van der Waals surface area (Å²) in [5.41, 5.74) is 7.74. The summed E-state index contributed by atoms with van der Waals surface area (Å²) in [6.07, 6.45) is 2.06. The Morgan fingerprint density at radius 3 is 2.75 bits per heavy atom. The fraction of sp³-hybridized carbons (Fsp3) is 0.417. The first-order chi connectivity index (χ1) is 7.67. The predicted molar refractivity (Wildman–Crippen MR) is 67.6 cm³/mol. The molecule has 0 saturated heterocycles. The number of carbonyl (C=O) groups is 1. The van der Waals surface area contributed by atoms with Gasteiger partial charge < -0.3 is 16.4 Å². The first-order valence-electron chi connectivity index (χ1n) is 5.54. The third-order valence-electron chi connectivity index (χ3n) is 2.32. The van der Waals surface area contributed by atoms with E-state index in [9.17, 15) is 4.79 Å². The number of hydrogen-bond acceptors (Lipinski definition) is 3. The molecule has 1 rings (SSSR count). The van der Waals surface area contributed by atoms with Gasteiger partial charge in [-0.25, -0.2) is 0 Å². The second-order valence-corrected chi connectivity index (χ2v) is 3.70. The van der Waals surface area contributed by atoms with Gasteiger partial charge in [0.2, 0.25) is 0 Å². The second-order valence-electron chi connectivity index (χ2n) is 3.70. The van der Waals surface area contributed by atoms with Crippen molar-refractivity contribution in [1.29, 1.82) is 0 Å². The minimum absolute atomic E-state index is 0.0720. The molecule has 0 saturated carbocycles. The zero-order chi connectivity index (χ0) is 12.0. The molecule has 0 aliphatic carbocycles. The Labute approximate surface area is 96.2 Å². The summed E-state index contributed by atoms with van der Waals surface area (Å²) in [4.78, 5) is 11.7. The van der Waals surface area contributed by atoms with Crippen LogP contribution in [0, 0.1) is 0 Å². The number of hydrogen-bond donors (Lipinski definition) is 3. The molecule has 4 N–H and O–H groups in total. The molecule has 0 aliphatic heterocycles. The molecule has 0 atom stereocenters. The lowest BCUT2D eigenvalue weighted by Crippen LogP contribution is -2.24. The number of nitrogens with two attached hydrogens (primary N) is 1. The van der Waals surface area contributed by atoms with Crippen LogP contribution >= 0.6 is 0 Å². The van der Waals surface area contributed by atoms with Gasteiger partial charge in [-0.1, -0.05) is 13.3 Å². The Morgan fingerprint density at radius 1 is 1.38 bits per heavy atom. The van der Waals surface area contributed by atoms with Crippen molar-refractivity contribution in [2.75, 3.05) is 24.6 Å². The lowest BCUT2D eigenvalue weighted by Gasteiger charge is -2.07. The van der Waals surface area contributed by atoms with Gasteiger partial charge in [-0.15, -0.1) is 0 Å². The first-order valence-corrected chi connectivity index (χ1v) is 5.54. The predicted octanol–water partition coefficient (Wildman–Crippen LogP) is 1.84. The summed E-state index contributed by atoms with van der Waals surface area (Å²) in [7, 11) is 1.80. The van der Waals surface area contributed by atoms with E-state index in [4.69, 9.17) is 5.73 Å². The van der Waals surface area contributed by atoms with Crippen molar-refractivity contribution in [3.05, 3.63) is 23.8 Å². The summed E-state index contributed by atoms with van der Waals surface area (Å²) < 4.78 is 0. The van der Waals surface area contributed by atoms with Gasteiger partial charge in [-0.3, -0.25) is 4.79 Å². The van der Waals surface area contributed by atoms with Crippen LogP contribution in [0.25, 0.3) is 0 Å². The van der Waals surface area contributed by atoms with E-state index in [-0.39, 0.29) is 5.91 Å². The van der Waals surface area contributed by atoms with Crippen LogP contribution < -0.4 is 16.4 Å². The summed E-state index contributed by atoms with van der Waals surface area (Å²) in [6.45, 7) is 2.80. The topological polar surface area (TPSA) is 67.2 Å². The van der Waals surface area contributed by atoms with Crippen molar-refractivity contribution in [2.45, 2.75) is 19.8 Å². The van der Waals surface area contributed by atoms with E-state index in [0.29, 0.717) is 17.8 Å². The highest BCUT2D eigenvalue weighted by Gasteiger charge is 2.06. The maximum Gasteiger partial charge on any atom is 0.251 e. The molecule has 0 heterocycles. The molecule has 0 bridgehead atoms. The minimum Gasteiger partial charge on any atom is -0.399 e. The number of nitrogens with one attached hydrogen (secondary N) is 2. The molecule has 0 unspecified atom stereocenters. The van der Waals surface area contributed by atoms with Gasteiger partial charge in [-0.05, 0) is 24.6 Å². The first kappa shape index (κ1) is 12.4. The highest BCUT2D eigenvalue weighted by molar-refractivity contribution is 5.96. The number of rotatable bonds is 5. The molecule has 0 spiro atoms. The zero-order valence-electron chi connectivity index (χ0n) is 9.84. The molecule has 0 aliphatic rings. The van der Waals surface area contributed by atoms with E-state index in [2.05, 4.69) is 17.6 Å². The normalized spacial score (nSPS) is 9.88. The van der Waals surface area contributed by atoms with Crippen LogP contribution in [-0.2, 0) is 0 Å². The second kappa shape index (κ2) is 6.00. The highest BCUT2D eigenvalue weighted by atomic mass is 16.1. The standard InChI is InChI=1S/C12H19N3O/c1-3-4-5-15-12(16)9-6-10(13)8-11(7-9)14-2/h6-8,14H,3-5,13H2,1-2H3,(H,15,16). The van der Waals surface area contributed by atoms with E-state index in [1.165, 1.54) is 0 Å². The zero-order valence-corrected chi connectivity index (χ0v) is 9.84. The summed E-state index contributed by atoms with van der Waals surface area (Å²) in [6, 6.07) is 5.27. The Bertz CT molecular complexity index is 363. The smallest absolute Gasteiger partial charge is 0.251 e. The Kier molecular flexibility index (Phi) is 4.64. The van der Waals surface area contributed by atoms with Crippen molar-refractivity contribution in [2.24, 2.45) is 0 Å². The molecule has 1 amide bonds. The molecule has 1 aromatic rings. The third-order valence-corrected chi connectivity index (χ3v) is 2.32. The van der Waals surface area contributed by atoms with Crippen LogP contribution in [0.2, 0.25) is 0 Å². The fourth-order valence-electron chi connectivity index (χ4n) is 1.41. The Morgan fingerprint density at radius 2 is 2.12 bits per heavy atom. The van der Waals surface area contributed by atoms with Gasteiger partial charge >= 0.3 is 0 Å². The monoisotopic (exact) mass is 221 g/mol. The van der Waals surface area contributed by atoms with Crippen molar-refractivity contribution in [1.82, 2.24) is 5.32 Å². The number of carbonyl (C=O) groups excluding carboxylic acids is 1. The summed E-state index contributed by atoms with van der Waals surface area (Å²) in [5.74, 6) is -0.0720. The summed E-state index contributed by atoms with van der Waals surface area (Å²) in [5, 5.41) is 5.83. The van der Waals surface area contributed by atoms with Crippen LogP contribution in [0.15, 0.2) is 18.2 Å². The third kappa shape index (κ3) is 3.46. The van der Waals surface area contributed by atoms with Gasteiger partial charge in [0.1, 0.15) is 0 Å². The molecule has 4 heteroatoms. The Balaban J connectivity index is 2.71. The fourth-order valence-corrected chi connectivity index (χ4v) is 1.41. The van der Waals surface area contributed by atoms with Crippen LogP contribution in [0.5, 0.6) is 0 Å².